The highest BCUT2D eigenvalue weighted by molar-refractivity contribution is 7.15. The number of hydrogen-bond donors (Lipinski definition) is 1. The first-order valence-electron chi connectivity index (χ1n) is 8.92. The second-order valence-corrected chi connectivity index (χ2v) is 7.64. The van der Waals surface area contributed by atoms with Crippen LogP contribution in [0.3, 0.4) is 0 Å². The fraction of sp³-hybridized carbons (Fsp3) is 0.316. The maximum absolute atomic E-state index is 12.3. The predicted molar refractivity (Wildman–Crippen MR) is 102 cm³/mol. The molecule has 0 bridgehead atoms. The summed E-state index contributed by atoms with van der Waals surface area (Å²) in [6.45, 7) is 1.67. The summed E-state index contributed by atoms with van der Waals surface area (Å²) in [7, 11) is 0. The number of nitrogens with one attached hydrogen (secondary N) is 1. The van der Waals surface area contributed by atoms with E-state index < -0.39 is 0 Å². The Hall–Kier alpha value is -2.51. The Morgan fingerprint density at radius 1 is 1.23 bits per heavy atom. The molecule has 0 saturated carbocycles. The Labute approximate surface area is 154 Å². The average Bonchev–Trinajstić information content (AvgIpc) is 3.29. The van der Waals surface area contributed by atoms with Crippen molar-refractivity contribution < 1.29 is 0 Å². The van der Waals surface area contributed by atoms with Gasteiger partial charge < -0.3 is 4.98 Å². The van der Waals surface area contributed by atoms with Gasteiger partial charge in [-0.3, -0.25) is 14.1 Å². The molecule has 1 unspecified atom stereocenters. The minimum absolute atomic E-state index is 0.0106. The van der Waals surface area contributed by atoms with E-state index in [1.807, 2.05) is 23.6 Å². The van der Waals surface area contributed by atoms with Crippen LogP contribution in [0.4, 0.5) is 0 Å². The van der Waals surface area contributed by atoms with Crippen LogP contribution in [0.15, 0.2) is 46.7 Å². The van der Waals surface area contributed by atoms with Crippen molar-refractivity contribution in [2.75, 3.05) is 6.54 Å². The van der Waals surface area contributed by atoms with Crippen LogP contribution in [-0.4, -0.2) is 30.8 Å². The van der Waals surface area contributed by atoms with Crippen LogP contribution >= 0.6 is 11.3 Å². The van der Waals surface area contributed by atoms with Gasteiger partial charge in [0.25, 0.3) is 5.56 Å². The van der Waals surface area contributed by atoms with Crippen molar-refractivity contribution in [1.82, 2.24) is 24.3 Å². The molecular weight excluding hydrogens is 346 g/mol. The molecular formula is C19H19N5OS. The predicted octanol–water partition coefficient (Wildman–Crippen LogP) is 3.36. The molecule has 1 atom stereocenters. The number of rotatable bonds is 3. The van der Waals surface area contributed by atoms with Gasteiger partial charge in [0.1, 0.15) is 5.82 Å². The summed E-state index contributed by atoms with van der Waals surface area (Å²) in [5.74, 6) is 1.01. The zero-order valence-corrected chi connectivity index (χ0v) is 15.1. The first kappa shape index (κ1) is 15.7. The number of benzene rings is 1. The van der Waals surface area contributed by atoms with Crippen LogP contribution < -0.4 is 5.56 Å². The molecule has 4 aromatic rings. The highest BCUT2D eigenvalue weighted by Gasteiger charge is 2.27. The largest absolute Gasteiger partial charge is 0.341 e. The Morgan fingerprint density at radius 2 is 2.15 bits per heavy atom. The summed E-state index contributed by atoms with van der Waals surface area (Å²) in [5.41, 5.74) is 2.90. The molecule has 26 heavy (non-hydrogen) atoms. The molecule has 1 aliphatic rings. The Bertz CT molecular complexity index is 1090. The maximum Gasteiger partial charge on any atom is 0.258 e. The first-order valence-corrected chi connectivity index (χ1v) is 9.80. The van der Waals surface area contributed by atoms with E-state index in [0.29, 0.717) is 6.54 Å². The average molecular weight is 365 g/mol. The van der Waals surface area contributed by atoms with E-state index >= 15 is 0 Å². The summed E-state index contributed by atoms with van der Waals surface area (Å²) < 4.78 is 1.60. The van der Waals surface area contributed by atoms with Gasteiger partial charge in [-0.1, -0.05) is 18.6 Å². The summed E-state index contributed by atoms with van der Waals surface area (Å²) >= 11 is 1.49. The van der Waals surface area contributed by atoms with Crippen molar-refractivity contribution in [3.8, 4) is 0 Å². The molecule has 132 valence electrons. The fourth-order valence-corrected chi connectivity index (χ4v) is 4.54. The topological polar surface area (TPSA) is 66.3 Å². The van der Waals surface area contributed by atoms with Crippen molar-refractivity contribution in [2.24, 2.45) is 0 Å². The number of hydrogen-bond acceptors (Lipinski definition) is 5. The Balaban J connectivity index is 1.48. The van der Waals surface area contributed by atoms with Gasteiger partial charge in [0.15, 0.2) is 4.96 Å². The molecule has 1 aromatic carbocycles. The van der Waals surface area contributed by atoms with Gasteiger partial charge in [-0.2, -0.15) is 0 Å². The van der Waals surface area contributed by atoms with Crippen LogP contribution in [0.5, 0.6) is 0 Å². The van der Waals surface area contributed by atoms with E-state index in [1.54, 1.807) is 16.7 Å². The minimum atomic E-state index is -0.0106. The molecule has 0 aliphatic carbocycles. The third kappa shape index (κ3) is 2.73. The van der Waals surface area contributed by atoms with Gasteiger partial charge in [0.2, 0.25) is 0 Å². The number of aromatic amines is 1. The SMILES string of the molecule is O=c1cc(CN2CCCCC2c2nc3ccccc3[nH]2)nc2sccn12. The Morgan fingerprint density at radius 3 is 3.08 bits per heavy atom. The second-order valence-electron chi connectivity index (χ2n) is 6.76. The van der Waals surface area contributed by atoms with Crippen molar-refractivity contribution in [3.63, 3.8) is 0 Å². The van der Waals surface area contributed by atoms with E-state index in [0.717, 1.165) is 46.9 Å². The normalized spacial score (nSPS) is 18.7. The standard InChI is InChI=1S/C19H19N5OS/c25-17-11-13(20-19-24(17)9-10-26-19)12-23-8-4-3-7-16(23)18-21-14-5-1-2-6-15(14)22-18/h1-2,5-6,9-11,16H,3-4,7-8,12H2,(H,21,22). The summed E-state index contributed by atoms with van der Waals surface area (Å²) in [5, 5.41) is 1.89. The molecule has 7 heteroatoms. The van der Waals surface area contributed by atoms with E-state index in [1.165, 1.54) is 17.8 Å². The van der Waals surface area contributed by atoms with Gasteiger partial charge in [-0.25, -0.2) is 9.97 Å². The number of H-pyrrole nitrogens is 1. The fourth-order valence-electron chi connectivity index (χ4n) is 3.80. The number of para-hydroxylation sites is 2. The van der Waals surface area contributed by atoms with E-state index in [2.05, 4.69) is 20.9 Å². The quantitative estimate of drug-likeness (QED) is 0.605. The number of piperidine rings is 1. The van der Waals surface area contributed by atoms with Crippen LogP contribution in [0, 0.1) is 0 Å². The lowest BCUT2D eigenvalue weighted by Crippen LogP contribution is -2.34. The maximum atomic E-state index is 12.3. The van der Waals surface area contributed by atoms with Crippen molar-refractivity contribution in [3.05, 3.63) is 63.8 Å². The molecule has 5 rings (SSSR count). The van der Waals surface area contributed by atoms with Gasteiger partial charge >= 0.3 is 0 Å². The van der Waals surface area contributed by atoms with Crippen LogP contribution in [0.2, 0.25) is 0 Å². The van der Waals surface area contributed by atoms with E-state index in [4.69, 9.17) is 4.98 Å². The van der Waals surface area contributed by atoms with Crippen LogP contribution in [-0.2, 0) is 6.54 Å². The first-order chi connectivity index (χ1) is 12.8. The third-order valence-corrected chi connectivity index (χ3v) is 5.81. The van der Waals surface area contributed by atoms with Gasteiger partial charge in [0, 0.05) is 24.2 Å². The number of imidazole rings is 1. The van der Waals surface area contributed by atoms with Crippen LogP contribution in [0.25, 0.3) is 16.0 Å². The van der Waals surface area contributed by atoms with E-state index in [9.17, 15) is 4.79 Å². The summed E-state index contributed by atoms with van der Waals surface area (Å²) in [4.78, 5) is 28.4. The van der Waals surface area contributed by atoms with Gasteiger partial charge in [-0.05, 0) is 31.5 Å². The molecule has 0 spiro atoms. The zero-order valence-electron chi connectivity index (χ0n) is 14.3. The lowest BCUT2D eigenvalue weighted by atomic mass is 10.0. The number of nitrogens with zero attached hydrogens (tertiary/aromatic N) is 4. The molecule has 1 aliphatic heterocycles. The van der Waals surface area contributed by atoms with E-state index in [-0.39, 0.29) is 11.6 Å². The minimum Gasteiger partial charge on any atom is -0.341 e. The lowest BCUT2D eigenvalue weighted by molar-refractivity contribution is 0.133. The van der Waals surface area contributed by atoms with Gasteiger partial charge in [0.05, 0.1) is 22.8 Å². The van der Waals surface area contributed by atoms with Crippen molar-refractivity contribution in [2.45, 2.75) is 31.8 Å². The Kier molecular flexibility index (Phi) is 3.83. The van der Waals surface area contributed by atoms with Gasteiger partial charge in [-0.15, -0.1) is 11.3 Å². The lowest BCUT2D eigenvalue weighted by Gasteiger charge is -2.34. The van der Waals surface area contributed by atoms with Crippen LogP contribution in [0.1, 0.15) is 36.8 Å². The zero-order chi connectivity index (χ0) is 17.5. The van der Waals surface area contributed by atoms with Crippen molar-refractivity contribution in [1.29, 1.82) is 0 Å². The molecule has 3 aromatic heterocycles. The highest BCUT2D eigenvalue weighted by Crippen LogP contribution is 2.31. The summed E-state index contributed by atoms with van der Waals surface area (Å²) in [6, 6.07) is 10.0. The number of fused-ring (bicyclic) bond motifs is 2. The smallest absolute Gasteiger partial charge is 0.258 e. The number of thiazole rings is 1. The molecule has 1 N–H and O–H groups in total. The third-order valence-electron chi connectivity index (χ3n) is 5.06. The second kappa shape index (κ2) is 6.34. The highest BCUT2D eigenvalue weighted by atomic mass is 32.1. The molecule has 1 saturated heterocycles. The summed E-state index contributed by atoms with van der Waals surface area (Å²) in [6.07, 6.45) is 5.20. The molecule has 4 heterocycles. The number of aromatic nitrogens is 4. The van der Waals surface area contributed by atoms with Crippen molar-refractivity contribution >= 4 is 27.3 Å². The molecule has 0 radical (unpaired) electrons. The molecule has 0 amide bonds. The molecule has 6 nitrogen and oxygen atoms in total. The monoisotopic (exact) mass is 365 g/mol. The molecule has 1 fully saturated rings. The number of likely N-dealkylation sites (tertiary alicyclic amines) is 1.